The molecule has 0 aliphatic rings. The Balaban J connectivity index is 1.93. The number of hydrogen-bond donors (Lipinski definition) is 2. The summed E-state index contributed by atoms with van der Waals surface area (Å²) in [7, 11) is 3.41. The molecular formula is C19H26N4O3. The highest BCUT2D eigenvalue weighted by atomic mass is 16.5. The van der Waals surface area contributed by atoms with Crippen molar-refractivity contribution in [3.63, 3.8) is 0 Å². The first-order chi connectivity index (χ1) is 12.6. The van der Waals surface area contributed by atoms with E-state index in [4.69, 9.17) is 9.15 Å². The van der Waals surface area contributed by atoms with E-state index in [0.29, 0.717) is 24.8 Å². The van der Waals surface area contributed by atoms with E-state index in [1.165, 1.54) is 4.90 Å². The molecule has 0 saturated heterocycles. The summed E-state index contributed by atoms with van der Waals surface area (Å²) in [5.74, 6) is 2.13. The number of likely N-dealkylation sites (N-methyl/N-ethyl adjacent to an activating group) is 1. The van der Waals surface area contributed by atoms with Crippen molar-refractivity contribution >= 4 is 11.9 Å². The van der Waals surface area contributed by atoms with Gasteiger partial charge in [-0.3, -0.25) is 4.79 Å². The van der Waals surface area contributed by atoms with Crippen LogP contribution in [0.3, 0.4) is 0 Å². The average Bonchev–Trinajstić information content (AvgIpc) is 3.16. The molecule has 0 bridgehead atoms. The van der Waals surface area contributed by atoms with Crippen molar-refractivity contribution in [1.29, 1.82) is 0 Å². The molecule has 0 radical (unpaired) electrons. The highest BCUT2D eigenvalue weighted by Crippen LogP contribution is 2.14. The highest BCUT2D eigenvalue weighted by molar-refractivity contribution is 5.79. The lowest BCUT2D eigenvalue weighted by molar-refractivity contribution is -0.130. The van der Waals surface area contributed by atoms with E-state index in [-0.39, 0.29) is 12.5 Å². The summed E-state index contributed by atoms with van der Waals surface area (Å²) in [5, 5.41) is 6.42. The van der Waals surface area contributed by atoms with Gasteiger partial charge in [-0.05, 0) is 36.8 Å². The molecule has 1 aromatic heterocycles. The number of amides is 1. The quantitative estimate of drug-likeness (QED) is 0.557. The maximum atomic E-state index is 11.6. The predicted octanol–water partition coefficient (Wildman–Crippen LogP) is 2.00. The van der Waals surface area contributed by atoms with Gasteiger partial charge in [-0.15, -0.1) is 0 Å². The number of benzene rings is 1. The number of furan rings is 1. The fourth-order valence-electron chi connectivity index (χ4n) is 2.10. The Morgan fingerprint density at radius 3 is 2.77 bits per heavy atom. The largest absolute Gasteiger partial charge is 0.484 e. The normalized spacial score (nSPS) is 11.1. The van der Waals surface area contributed by atoms with Crippen LogP contribution in [0.15, 0.2) is 52.1 Å². The smallest absolute Gasteiger partial charge is 0.259 e. The topological polar surface area (TPSA) is 79.1 Å². The van der Waals surface area contributed by atoms with E-state index in [1.54, 1.807) is 20.4 Å². The molecule has 7 nitrogen and oxygen atoms in total. The van der Waals surface area contributed by atoms with Crippen LogP contribution in [0.25, 0.3) is 0 Å². The number of ether oxygens (including phenoxy) is 1. The van der Waals surface area contributed by atoms with Crippen LogP contribution >= 0.6 is 0 Å². The summed E-state index contributed by atoms with van der Waals surface area (Å²) in [6.45, 7) is 3.86. The molecule has 1 amide bonds. The van der Waals surface area contributed by atoms with Crippen molar-refractivity contribution in [1.82, 2.24) is 15.5 Å². The molecule has 2 N–H and O–H groups in total. The zero-order valence-electron chi connectivity index (χ0n) is 15.5. The second kappa shape index (κ2) is 10.1. The summed E-state index contributed by atoms with van der Waals surface area (Å²) in [5.41, 5.74) is 0.995. The van der Waals surface area contributed by atoms with Gasteiger partial charge in [-0.1, -0.05) is 12.1 Å². The molecule has 7 heteroatoms. The van der Waals surface area contributed by atoms with E-state index in [2.05, 4.69) is 15.6 Å². The fourth-order valence-corrected chi connectivity index (χ4v) is 2.10. The second-order valence-corrected chi connectivity index (χ2v) is 5.85. The predicted molar refractivity (Wildman–Crippen MR) is 101 cm³/mol. The molecule has 26 heavy (non-hydrogen) atoms. The number of nitrogens with one attached hydrogen (secondary N) is 2. The maximum absolute atomic E-state index is 11.6. The Hall–Kier alpha value is -2.96. The van der Waals surface area contributed by atoms with Gasteiger partial charge in [0.2, 0.25) is 0 Å². The van der Waals surface area contributed by atoms with E-state index in [9.17, 15) is 4.79 Å². The Kier molecular flexibility index (Phi) is 7.54. The van der Waals surface area contributed by atoms with Crippen LogP contribution in [-0.4, -0.2) is 44.0 Å². The van der Waals surface area contributed by atoms with Crippen molar-refractivity contribution < 1.29 is 13.9 Å². The number of aliphatic imine (C=N–C) groups is 1. The Labute approximate surface area is 154 Å². The number of carbonyl (C=O) groups is 1. The lowest BCUT2D eigenvalue weighted by Gasteiger charge is -2.12. The van der Waals surface area contributed by atoms with Crippen molar-refractivity contribution in [3.05, 3.63) is 54.0 Å². The number of carbonyl (C=O) groups excluding carboxylic acids is 1. The van der Waals surface area contributed by atoms with Gasteiger partial charge < -0.3 is 24.7 Å². The summed E-state index contributed by atoms with van der Waals surface area (Å²) in [4.78, 5) is 17.7. The Morgan fingerprint density at radius 2 is 2.08 bits per heavy atom. The third-order valence-electron chi connectivity index (χ3n) is 3.53. The van der Waals surface area contributed by atoms with Crippen LogP contribution in [0.2, 0.25) is 0 Å². The van der Waals surface area contributed by atoms with Crippen molar-refractivity contribution in [2.24, 2.45) is 4.99 Å². The standard InChI is InChI=1S/C19H26N4O3/c1-4-20-19(22-13-17-9-6-10-25-17)21-12-15-7-5-8-16(11-15)26-14-18(24)23(2)3/h5-11H,4,12-14H2,1-3H3,(H2,20,21,22). The van der Waals surface area contributed by atoms with E-state index >= 15 is 0 Å². The molecule has 0 saturated carbocycles. The summed E-state index contributed by atoms with van der Waals surface area (Å²) in [6.07, 6.45) is 1.65. The molecule has 0 aliphatic carbocycles. The van der Waals surface area contributed by atoms with Gasteiger partial charge >= 0.3 is 0 Å². The van der Waals surface area contributed by atoms with Crippen LogP contribution in [0.5, 0.6) is 5.75 Å². The maximum Gasteiger partial charge on any atom is 0.259 e. The molecule has 2 rings (SSSR count). The van der Waals surface area contributed by atoms with Crippen LogP contribution in [-0.2, 0) is 17.9 Å². The Morgan fingerprint density at radius 1 is 1.23 bits per heavy atom. The second-order valence-electron chi connectivity index (χ2n) is 5.85. The molecule has 1 aromatic carbocycles. The van der Waals surface area contributed by atoms with Crippen LogP contribution in [0, 0.1) is 0 Å². The average molecular weight is 358 g/mol. The van der Waals surface area contributed by atoms with Crippen LogP contribution in [0.4, 0.5) is 0 Å². The monoisotopic (exact) mass is 358 g/mol. The van der Waals surface area contributed by atoms with Gasteiger partial charge in [-0.2, -0.15) is 0 Å². The van der Waals surface area contributed by atoms with Crippen molar-refractivity contribution in [2.75, 3.05) is 27.2 Å². The number of hydrogen-bond acceptors (Lipinski definition) is 4. The minimum Gasteiger partial charge on any atom is -0.484 e. The third-order valence-corrected chi connectivity index (χ3v) is 3.53. The van der Waals surface area contributed by atoms with Gasteiger partial charge in [0.15, 0.2) is 12.6 Å². The zero-order chi connectivity index (χ0) is 18.8. The molecule has 0 atom stereocenters. The van der Waals surface area contributed by atoms with Crippen LogP contribution in [0.1, 0.15) is 18.2 Å². The van der Waals surface area contributed by atoms with Gasteiger partial charge in [0.05, 0.1) is 19.4 Å². The first-order valence-corrected chi connectivity index (χ1v) is 8.55. The van der Waals surface area contributed by atoms with E-state index in [1.807, 2.05) is 43.3 Å². The van der Waals surface area contributed by atoms with Gasteiger partial charge in [0.25, 0.3) is 5.91 Å². The lowest BCUT2D eigenvalue weighted by Crippen LogP contribution is -2.36. The first-order valence-electron chi connectivity index (χ1n) is 8.55. The Bertz CT molecular complexity index is 711. The molecule has 0 spiro atoms. The van der Waals surface area contributed by atoms with Gasteiger partial charge in [0, 0.05) is 20.6 Å². The number of rotatable bonds is 8. The molecule has 0 fully saturated rings. The SMILES string of the molecule is CCNC(=NCc1cccc(OCC(=O)N(C)C)c1)NCc1ccco1. The fraction of sp³-hybridized carbons (Fsp3) is 0.368. The van der Waals surface area contributed by atoms with Crippen LogP contribution < -0.4 is 15.4 Å². The summed E-state index contributed by atoms with van der Waals surface area (Å²) >= 11 is 0. The summed E-state index contributed by atoms with van der Waals surface area (Å²) in [6, 6.07) is 11.4. The van der Waals surface area contributed by atoms with E-state index in [0.717, 1.165) is 17.9 Å². The molecule has 2 aromatic rings. The van der Waals surface area contributed by atoms with E-state index < -0.39 is 0 Å². The highest BCUT2D eigenvalue weighted by Gasteiger charge is 2.05. The zero-order valence-corrected chi connectivity index (χ0v) is 15.5. The first kappa shape index (κ1) is 19.4. The molecule has 1 heterocycles. The van der Waals surface area contributed by atoms with Gasteiger partial charge in [-0.25, -0.2) is 4.99 Å². The molecule has 0 aliphatic heterocycles. The lowest BCUT2D eigenvalue weighted by atomic mass is 10.2. The number of nitrogens with zero attached hydrogens (tertiary/aromatic N) is 2. The molecular weight excluding hydrogens is 332 g/mol. The molecule has 0 unspecified atom stereocenters. The number of guanidine groups is 1. The van der Waals surface area contributed by atoms with Gasteiger partial charge in [0.1, 0.15) is 11.5 Å². The minimum atomic E-state index is -0.0787. The molecule has 140 valence electrons. The third kappa shape index (κ3) is 6.51. The van der Waals surface area contributed by atoms with Crippen molar-refractivity contribution in [2.45, 2.75) is 20.0 Å². The van der Waals surface area contributed by atoms with Crippen molar-refractivity contribution in [3.8, 4) is 5.75 Å². The minimum absolute atomic E-state index is 0.0209. The summed E-state index contributed by atoms with van der Waals surface area (Å²) < 4.78 is 10.8.